The van der Waals surface area contributed by atoms with Crippen LogP contribution >= 0.6 is 11.3 Å². The van der Waals surface area contributed by atoms with Gasteiger partial charge in [0.05, 0.1) is 19.3 Å². The minimum Gasteiger partial charge on any atom is -0.379 e. The molecule has 0 saturated carbocycles. The van der Waals surface area contributed by atoms with E-state index in [1.54, 1.807) is 0 Å². The third-order valence-corrected chi connectivity index (χ3v) is 6.41. The Bertz CT molecular complexity index is 539. The van der Waals surface area contributed by atoms with Crippen LogP contribution in [0.25, 0.3) is 0 Å². The number of hydrogen-bond acceptors (Lipinski definition) is 5. The summed E-state index contributed by atoms with van der Waals surface area (Å²) in [6, 6.07) is 4.75. The Labute approximate surface area is 168 Å². The third-order valence-electron chi connectivity index (χ3n) is 5.44. The maximum atomic E-state index is 5.53. The van der Waals surface area contributed by atoms with Gasteiger partial charge >= 0.3 is 0 Å². The van der Waals surface area contributed by atoms with E-state index in [0.717, 1.165) is 45.4 Å². The summed E-state index contributed by atoms with van der Waals surface area (Å²) >= 11 is 1.83. The molecule has 1 atom stereocenters. The Morgan fingerprint density at radius 1 is 1.19 bits per heavy atom. The quantitative estimate of drug-likeness (QED) is 0.383. The highest BCUT2D eigenvalue weighted by Gasteiger charge is 2.23. The Morgan fingerprint density at radius 2 is 2.00 bits per heavy atom. The van der Waals surface area contributed by atoms with Gasteiger partial charge in [-0.1, -0.05) is 6.07 Å². The molecule has 1 aromatic rings. The number of rotatable bonds is 9. The summed E-state index contributed by atoms with van der Waals surface area (Å²) in [6.45, 7) is 9.32. The first-order valence-electron chi connectivity index (χ1n) is 10.4. The summed E-state index contributed by atoms with van der Waals surface area (Å²) in [5.74, 6) is 0.908. The number of nitrogens with one attached hydrogen (secondary N) is 2. The number of morpholine rings is 1. The average Bonchev–Trinajstić information content (AvgIpc) is 3.41. The fraction of sp³-hybridized carbons (Fsp3) is 0.750. The van der Waals surface area contributed by atoms with Gasteiger partial charge in [0.15, 0.2) is 5.96 Å². The largest absolute Gasteiger partial charge is 0.379 e. The van der Waals surface area contributed by atoms with Crippen LogP contribution in [0, 0.1) is 0 Å². The first-order chi connectivity index (χ1) is 13.4. The van der Waals surface area contributed by atoms with Crippen molar-refractivity contribution in [2.45, 2.75) is 31.7 Å². The molecule has 0 amide bonds. The first-order valence-corrected chi connectivity index (χ1v) is 11.3. The van der Waals surface area contributed by atoms with Crippen LogP contribution in [0.1, 0.15) is 36.6 Å². The van der Waals surface area contributed by atoms with Crippen LogP contribution in [0.15, 0.2) is 22.5 Å². The Balaban J connectivity index is 1.39. The summed E-state index contributed by atoms with van der Waals surface area (Å²) in [4.78, 5) is 10.9. The molecule has 1 unspecified atom stereocenters. The molecule has 3 heterocycles. The fourth-order valence-corrected chi connectivity index (χ4v) is 4.73. The van der Waals surface area contributed by atoms with Gasteiger partial charge in [0.25, 0.3) is 0 Å². The van der Waals surface area contributed by atoms with Gasteiger partial charge in [0.2, 0.25) is 0 Å². The number of ether oxygens (including phenoxy) is 1. The number of likely N-dealkylation sites (tertiary alicyclic amines) is 1. The van der Waals surface area contributed by atoms with Crippen molar-refractivity contribution in [1.82, 2.24) is 20.4 Å². The summed E-state index contributed by atoms with van der Waals surface area (Å²) in [5.41, 5.74) is 0. The van der Waals surface area contributed by atoms with E-state index in [-0.39, 0.29) is 0 Å². The predicted molar refractivity (Wildman–Crippen MR) is 114 cm³/mol. The summed E-state index contributed by atoms with van der Waals surface area (Å²) in [5, 5.41) is 9.18. The molecular weight excluding hydrogens is 358 g/mol. The maximum Gasteiger partial charge on any atom is 0.191 e. The SMILES string of the molecule is CN=C(NCCCCN1CCCC1)NCC(c1cccs1)N1CCOCC1. The fourth-order valence-electron chi connectivity index (χ4n) is 3.87. The second kappa shape index (κ2) is 11.6. The highest BCUT2D eigenvalue weighted by molar-refractivity contribution is 7.10. The monoisotopic (exact) mass is 393 g/mol. The molecule has 3 rings (SSSR count). The zero-order valence-electron chi connectivity index (χ0n) is 16.7. The minimum atomic E-state index is 0.377. The van der Waals surface area contributed by atoms with Gasteiger partial charge < -0.3 is 20.3 Å². The smallest absolute Gasteiger partial charge is 0.191 e. The molecule has 2 aliphatic heterocycles. The number of hydrogen-bond donors (Lipinski definition) is 2. The molecule has 0 radical (unpaired) electrons. The molecule has 2 aliphatic rings. The number of nitrogens with zero attached hydrogens (tertiary/aromatic N) is 3. The molecule has 2 saturated heterocycles. The number of aliphatic imine (C=N–C) groups is 1. The van der Waals surface area contributed by atoms with E-state index in [4.69, 9.17) is 4.74 Å². The normalized spacial score (nSPS) is 20.7. The van der Waals surface area contributed by atoms with Gasteiger partial charge in [-0.2, -0.15) is 0 Å². The van der Waals surface area contributed by atoms with Crippen LogP contribution in [0.4, 0.5) is 0 Å². The second-order valence-corrected chi connectivity index (χ2v) is 8.29. The zero-order chi connectivity index (χ0) is 18.7. The van der Waals surface area contributed by atoms with Crippen molar-refractivity contribution >= 4 is 17.3 Å². The van der Waals surface area contributed by atoms with E-state index in [1.165, 1.54) is 50.2 Å². The molecule has 7 heteroatoms. The van der Waals surface area contributed by atoms with Crippen LogP contribution < -0.4 is 10.6 Å². The van der Waals surface area contributed by atoms with Crippen molar-refractivity contribution in [3.05, 3.63) is 22.4 Å². The predicted octanol–water partition coefficient (Wildman–Crippen LogP) is 2.16. The van der Waals surface area contributed by atoms with Crippen LogP contribution in [-0.2, 0) is 4.74 Å². The van der Waals surface area contributed by atoms with E-state index >= 15 is 0 Å². The molecule has 0 spiro atoms. The maximum absolute atomic E-state index is 5.53. The molecule has 27 heavy (non-hydrogen) atoms. The average molecular weight is 394 g/mol. The van der Waals surface area contributed by atoms with E-state index < -0.39 is 0 Å². The minimum absolute atomic E-state index is 0.377. The second-order valence-electron chi connectivity index (χ2n) is 7.32. The summed E-state index contributed by atoms with van der Waals surface area (Å²) < 4.78 is 5.53. The lowest BCUT2D eigenvalue weighted by Crippen LogP contribution is -2.46. The van der Waals surface area contributed by atoms with E-state index in [0.29, 0.717) is 6.04 Å². The van der Waals surface area contributed by atoms with Gasteiger partial charge in [-0.15, -0.1) is 11.3 Å². The lowest BCUT2D eigenvalue weighted by Gasteiger charge is -2.34. The van der Waals surface area contributed by atoms with Gasteiger partial charge in [-0.3, -0.25) is 9.89 Å². The Kier molecular flexibility index (Phi) is 8.87. The zero-order valence-corrected chi connectivity index (χ0v) is 17.5. The van der Waals surface area contributed by atoms with Gasteiger partial charge in [-0.05, 0) is 56.8 Å². The standard InChI is InChI=1S/C20H35N5OS/c1-21-20(22-8-2-3-9-24-10-4-5-11-24)23-17-18(19-7-6-16-27-19)25-12-14-26-15-13-25/h6-7,16,18H,2-5,8-15,17H2,1H3,(H2,21,22,23). The van der Waals surface area contributed by atoms with E-state index in [2.05, 4.69) is 42.9 Å². The molecule has 0 bridgehead atoms. The number of guanidine groups is 1. The van der Waals surface area contributed by atoms with Crippen LogP contribution in [0.3, 0.4) is 0 Å². The first kappa shape index (κ1) is 20.6. The summed E-state index contributed by atoms with van der Waals surface area (Å²) in [6.07, 6.45) is 5.21. The third kappa shape index (κ3) is 6.75. The van der Waals surface area contributed by atoms with Crippen LogP contribution in [0.5, 0.6) is 0 Å². The molecular formula is C20H35N5OS. The van der Waals surface area contributed by atoms with Crippen molar-refractivity contribution in [3.8, 4) is 0 Å². The molecule has 0 aromatic carbocycles. The van der Waals surface area contributed by atoms with Crippen molar-refractivity contribution in [2.75, 3.05) is 66.1 Å². The van der Waals surface area contributed by atoms with Crippen molar-refractivity contribution < 1.29 is 4.74 Å². The van der Waals surface area contributed by atoms with Crippen LogP contribution in [-0.4, -0.2) is 81.8 Å². The number of thiophene rings is 1. The lowest BCUT2D eigenvalue weighted by molar-refractivity contribution is 0.0177. The molecule has 0 aliphatic carbocycles. The van der Waals surface area contributed by atoms with E-state index in [9.17, 15) is 0 Å². The number of unbranched alkanes of at least 4 members (excludes halogenated alkanes) is 1. The van der Waals surface area contributed by atoms with E-state index in [1.807, 2.05) is 18.4 Å². The Hall–Kier alpha value is -1.15. The highest BCUT2D eigenvalue weighted by Crippen LogP contribution is 2.25. The Morgan fingerprint density at radius 3 is 2.70 bits per heavy atom. The van der Waals surface area contributed by atoms with Crippen molar-refractivity contribution in [3.63, 3.8) is 0 Å². The summed E-state index contributed by atoms with van der Waals surface area (Å²) in [7, 11) is 1.86. The van der Waals surface area contributed by atoms with Crippen molar-refractivity contribution in [1.29, 1.82) is 0 Å². The molecule has 1 aromatic heterocycles. The molecule has 152 valence electrons. The topological polar surface area (TPSA) is 52.1 Å². The highest BCUT2D eigenvalue weighted by atomic mass is 32.1. The molecule has 2 fully saturated rings. The van der Waals surface area contributed by atoms with Gasteiger partial charge in [-0.25, -0.2) is 0 Å². The molecule has 6 nitrogen and oxygen atoms in total. The van der Waals surface area contributed by atoms with Gasteiger partial charge in [0, 0.05) is 38.1 Å². The van der Waals surface area contributed by atoms with Gasteiger partial charge in [0.1, 0.15) is 0 Å². The van der Waals surface area contributed by atoms with Crippen LogP contribution in [0.2, 0.25) is 0 Å². The van der Waals surface area contributed by atoms with Crippen molar-refractivity contribution in [2.24, 2.45) is 4.99 Å². The molecule has 2 N–H and O–H groups in total. The lowest BCUT2D eigenvalue weighted by atomic mass is 10.2.